The summed E-state index contributed by atoms with van der Waals surface area (Å²) in [5, 5.41) is 0. The number of nitrogens with zero attached hydrogens (tertiary/aromatic N) is 4. The van der Waals surface area contributed by atoms with Crippen LogP contribution in [0.4, 0.5) is 5.69 Å². The Bertz CT molecular complexity index is 631. The molecule has 0 radical (unpaired) electrons. The quantitative estimate of drug-likeness (QED) is 0.796. The number of aromatic nitrogens is 1. The predicted octanol–water partition coefficient (Wildman–Crippen LogP) is 2.62. The van der Waals surface area contributed by atoms with Crippen molar-refractivity contribution in [2.75, 3.05) is 39.8 Å². The lowest BCUT2D eigenvalue weighted by Gasteiger charge is -2.32. The molecule has 1 aromatic heterocycles. The highest BCUT2D eigenvalue weighted by atomic mass is 15.2. The number of hydrogen-bond donors (Lipinski definition) is 0. The summed E-state index contributed by atoms with van der Waals surface area (Å²) >= 11 is 0. The number of para-hydroxylation sites is 1. The van der Waals surface area contributed by atoms with E-state index in [1.807, 2.05) is 24.5 Å². The highest BCUT2D eigenvalue weighted by Crippen LogP contribution is 2.19. The summed E-state index contributed by atoms with van der Waals surface area (Å²) in [5.41, 5.74) is 3.40. The number of aliphatic imine (C=N–C) groups is 1. The van der Waals surface area contributed by atoms with Crippen LogP contribution < -0.4 is 0 Å². The lowest BCUT2D eigenvalue weighted by Crippen LogP contribution is -2.45. The average molecular weight is 308 g/mol. The van der Waals surface area contributed by atoms with Gasteiger partial charge in [0.25, 0.3) is 0 Å². The Balaban J connectivity index is 1.63. The maximum atomic E-state index is 4.66. The molecule has 2 aromatic rings. The van der Waals surface area contributed by atoms with Crippen LogP contribution in [0.3, 0.4) is 0 Å². The van der Waals surface area contributed by atoms with Gasteiger partial charge in [-0.15, -0.1) is 0 Å². The van der Waals surface area contributed by atoms with Gasteiger partial charge in [-0.1, -0.05) is 24.3 Å². The van der Waals surface area contributed by atoms with Crippen molar-refractivity contribution in [3.63, 3.8) is 0 Å². The minimum atomic E-state index is 1.03. The number of benzene rings is 1. The van der Waals surface area contributed by atoms with Gasteiger partial charge in [0, 0.05) is 56.9 Å². The highest BCUT2D eigenvalue weighted by Gasteiger charge is 2.13. The Kier molecular flexibility index (Phi) is 5.51. The summed E-state index contributed by atoms with van der Waals surface area (Å²) in [6.45, 7) is 5.77. The second-order valence-corrected chi connectivity index (χ2v) is 6.07. The van der Waals surface area contributed by atoms with Gasteiger partial charge in [0.05, 0.1) is 5.69 Å². The summed E-state index contributed by atoms with van der Waals surface area (Å²) in [4.78, 5) is 13.7. The fourth-order valence-corrected chi connectivity index (χ4v) is 2.79. The molecule has 0 saturated carbocycles. The number of pyridine rings is 1. The van der Waals surface area contributed by atoms with E-state index in [9.17, 15) is 0 Å². The SMILES string of the molecule is CN1CCN(CCc2ccccc2N=Cc2cccnc2)CC1. The minimum absolute atomic E-state index is 1.03. The van der Waals surface area contributed by atoms with E-state index in [-0.39, 0.29) is 0 Å². The van der Waals surface area contributed by atoms with Gasteiger partial charge in [0.1, 0.15) is 0 Å². The molecule has 0 atom stereocenters. The molecule has 0 amide bonds. The first-order valence-corrected chi connectivity index (χ1v) is 8.24. The smallest absolute Gasteiger partial charge is 0.0662 e. The molecule has 23 heavy (non-hydrogen) atoms. The molecule has 3 rings (SSSR count). The predicted molar refractivity (Wildman–Crippen MR) is 95.6 cm³/mol. The average Bonchev–Trinajstić information content (AvgIpc) is 2.61. The van der Waals surface area contributed by atoms with Crippen molar-refractivity contribution in [1.82, 2.24) is 14.8 Å². The first kappa shape index (κ1) is 15.8. The van der Waals surface area contributed by atoms with Gasteiger partial charge in [-0.05, 0) is 31.2 Å². The molecule has 0 N–H and O–H groups in total. The summed E-state index contributed by atoms with van der Waals surface area (Å²) in [6.07, 6.45) is 6.55. The summed E-state index contributed by atoms with van der Waals surface area (Å²) in [6, 6.07) is 12.4. The first-order valence-electron chi connectivity index (χ1n) is 8.24. The third kappa shape index (κ3) is 4.71. The molecule has 1 fully saturated rings. The van der Waals surface area contributed by atoms with Crippen molar-refractivity contribution in [2.24, 2.45) is 4.99 Å². The lowest BCUT2D eigenvalue weighted by atomic mass is 10.1. The molecule has 1 aliphatic rings. The van der Waals surface area contributed by atoms with E-state index in [0.717, 1.165) is 37.3 Å². The zero-order valence-electron chi connectivity index (χ0n) is 13.7. The largest absolute Gasteiger partial charge is 0.304 e. The number of likely N-dealkylation sites (N-methyl/N-ethyl adjacent to an activating group) is 1. The zero-order chi connectivity index (χ0) is 15.9. The van der Waals surface area contributed by atoms with Crippen molar-refractivity contribution < 1.29 is 0 Å². The van der Waals surface area contributed by atoms with E-state index in [2.05, 4.69) is 51.1 Å². The Morgan fingerprint density at radius 2 is 1.91 bits per heavy atom. The number of hydrogen-bond acceptors (Lipinski definition) is 4. The standard InChI is InChI=1S/C19H24N4/c1-22-11-13-23(14-12-22)10-8-18-6-2-3-7-19(18)21-16-17-5-4-9-20-15-17/h2-7,9,15-16H,8,10-14H2,1H3. The molecule has 0 bridgehead atoms. The fourth-order valence-electron chi connectivity index (χ4n) is 2.79. The number of piperazine rings is 1. The molecule has 0 unspecified atom stereocenters. The minimum Gasteiger partial charge on any atom is -0.304 e. The molecule has 1 saturated heterocycles. The maximum absolute atomic E-state index is 4.66. The van der Waals surface area contributed by atoms with Crippen LogP contribution >= 0.6 is 0 Å². The van der Waals surface area contributed by atoms with Gasteiger partial charge in [-0.25, -0.2) is 0 Å². The molecular formula is C19H24N4. The molecule has 120 valence electrons. The fraction of sp³-hybridized carbons (Fsp3) is 0.368. The van der Waals surface area contributed by atoms with E-state index in [1.54, 1.807) is 6.20 Å². The van der Waals surface area contributed by atoms with Crippen LogP contribution in [0.1, 0.15) is 11.1 Å². The van der Waals surface area contributed by atoms with Crippen molar-refractivity contribution in [1.29, 1.82) is 0 Å². The Morgan fingerprint density at radius 3 is 2.70 bits per heavy atom. The van der Waals surface area contributed by atoms with E-state index in [0.29, 0.717) is 0 Å². The van der Waals surface area contributed by atoms with Crippen LogP contribution in [0.25, 0.3) is 0 Å². The zero-order valence-corrected chi connectivity index (χ0v) is 13.7. The highest BCUT2D eigenvalue weighted by molar-refractivity contribution is 5.81. The molecule has 1 aromatic carbocycles. The first-order chi connectivity index (χ1) is 11.3. The third-order valence-corrected chi connectivity index (χ3v) is 4.32. The maximum Gasteiger partial charge on any atom is 0.0662 e. The normalized spacial score (nSPS) is 16.9. The van der Waals surface area contributed by atoms with Gasteiger partial charge < -0.3 is 9.80 Å². The molecule has 4 nitrogen and oxygen atoms in total. The summed E-state index contributed by atoms with van der Waals surface area (Å²) in [5.74, 6) is 0. The molecular weight excluding hydrogens is 284 g/mol. The Morgan fingerprint density at radius 1 is 1.09 bits per heavy atom. The van der Waals surface area contributed by atoms with Crippen molar-refractivity contribution in [3.05, 3.63) is 59.9 Å². The van der Waals surface area contributed by atoms with Gasteiger partial charge in [-0.3, -0.25) is 9.98 Å². The van der Waals surface area contributed by atoms with Gasteiger partial charge >= 0.3 is 0 Å². The summed E-state index contributed by atoms with van der Waals surface area (Å²) in [7, 11) is 2.19. The second-order valence-electron chi connectivity index (χ2n) is 6.07. The lowest BCUT2D eigenvalue weighted by molar-refractivity contribution is 0.155. The van der Waals surface area contributed by atoms with Crippen LogP contribution in [0.2, 0.25) is 0 Å². The van der Waals surface area contributed by atoms with Crippen LogP contribution in [0.15, 0.2) is 53.8 Å². The Hall–Kier alpha value is -2.04. The van der Waals surface area contributed by atoms with E-state index in [4.69, 9.17) is 0 Å². The topological polar surface area (TPSA) is 31.7 Å². The van der Waals surface area contributed by atoms with Crippen molar-refractivity contribution in [2.45, 2.75) is 6.42 Å². The van der Waals surface area contributed by atoms with E-state index >= 15 is 0 Å². The van der Waals surface area contributed by atoms with Crippen LogP contribution in [0, 0.1) is 0 Å². The summed E-state index contributed by atoms with van der Waals surface area (Å²) < 4.78 is 0. The molecule has 1 aliphatic heterocycles. The van der Waals surface area contributed by atoms with Crippen LogP contribution in [-0.2, 0) is 6.42 Å². The monoisotopic (exact) mass is 308 g/mol. The van der Waals surface area contributed by atoms with Gasteiger partial charge in [0.2, 0.25) is 0 Å². The molecule has 2 heterocycles. The van der Waals surface area contributed by atoms with Crippen LogP contribution in [0.5, 0.6) is 0 Å². The third-order valence-electron chi connectivity index (χ3n) is 4.32. The van der Waals surface area contributed by atoms with Crippen molar-refractivity contribution in [3.8, 4) is 0 Å². The number of rotatable bonds is 5. The second kappa shape index (κ2) is 7.99. The molecule has 0 aliphatic carbocycles. The van der Waals surface area contributed by atoms with E-state index in [1.165, 1.54) is 18.7 Å². The van der Waals surface area contributed by atoms with Crippen molar-refractivity contribution >= 4 is 11.9 Å². The van der Waals surface area contributed by atoms with Crippen LogP contribution in [-0.4, -0.2) is 60.8 Å². The molecule has 4 heteroatoms. The Labute approximate surface area is 138 Å². The van der Waals surface area contributed by atoms with E-state index < -0.39 is 0 Å². The molecule has 0 spiro atoms. The van der Waals surface area contributed by atoms with Gasteiger partial charge in [-0.2, -0.15) is 0 Å². The van der Waals surface area contributed by atoms with Gasteiger partial charge in [0.15, 0.2) is 0 Å².